The molecule has 33 heavy (non-hydrogen) atoms. The molecule has 3 aliphatic rings. The van der Waals surface area contributed by atoms with Gasteiger partial charge in [0, 0.05) is 37.2 Å². The lowest BCUT2D eigenvalue weighted by atomic mass is 10.0. The van der Waals surface area contributed by atoms with Gasteiger partial charge in [0.25, 0.3) is 11.8 Å². The number of nitrogens with one attached hydrogen (secondary N) is 1. The van der Waals surface area contributed by atoms with Crippen LogP contribution in [0.2, 0.25) is 0 Å². The monoisotopic (exact) mass is 457 g/mol. The van der Waals surface area contributed by atoms with Crippen molar-refractivity contribution in [1.29, 1.82) is 0 Å². The second-order valence-corrected chi connectivity index (χ2v) is 8.37. The van der Waals surface area contributed by atoms with Crippen LogP contribution in [0, 0.1) is 0 Å². The number of carbonyl (C=O) groups is 4. The highest BCUT2D eigenvalue weighted by atomic mass is 19.4. The Morgan fingerprint density at radius 2 is 1.79 bits per heavy atom. The second kappa shape index (κ2) is 7.43. The van der Waals surface area contributed by atoms with Gasteiger partial charge in [-0.3, -0.25) is 24.5 Å². The maximum atomic E-state index is 13.3. The Morgan fingerprint density at radius 1 is 1.00 bits per heavy atom. The number of benzene rings is 2. The summed E-state index contributed by atoms with van der Waals surface area (Å²) in [6.07, 6.45) is -4.14. The zero-order valence-corrected chi connectivity index (χ0v) is 17.2. The molecule has 0 bridgehead atoms. The molecular formula is C23H18F3N3O4. The first-order valence-corrected chi connectivity index (χ1v) is 10.4. The highest BCUT2D eigenvalue weighted by Gasteiger charge is 2.40. The van der Waals surface area contributed by atoms with Gasteiger partial charge >= 0.3 is 6.18 Å². The summed E-state index contributed by atoms with van der Waals surface area (Å²) in [4.78, 5) is 52.2. The average Bonchev–Trinajstić information content (AvgIpc) is 3.33. The molecule has 0 aliphatic carbocycles. The van der Waals surface area contributed by atoms with Gasteiger partial charge in [-0.15, -0.1) is 0 Å². The van der Waals surface area contributed by atoms with E-state index in [1.165, 1.54) is 28.0 Å². The summed E-state index contributed by atoms with van der Waals surface area (Å²) in [6.45, 7) is 0.0266. The molecule has 2 aromatic carbocycles. The van der Waals surface area contributed by atoms with E-state index in [4.69, 9.17) is 0 Å². The highest BCUT2D eigenvalue weighted by Crippen LogP contribution is 2.37. The van der Waals surface area contributed by atoms with Crippen molar-refractivity contribution in [3.8, 4) is 0 Å². The van der Waals surface area contributed by atoms with Gasteiger partial charge in [0.1, 0.15) is 6.04 Å². The van der Waals surface area contributed by atoms with Crippen LogP contribution in [0.25, 0.3) is 0 Å². The number of hydrogen-bond donors (Lipinski definition) is 1. The molecule has 5 rings (SSSR count). The molecule has 1 N–H and O–H groups in total. The Bertz CT molecular complexity index is 1220. The third kappa shape index (κ3) is 3.55. The number of nitrogens with zero attached hydrogens (tertiary/aromatic N) is 2. The van der Waals surface area contributed by atoms with Gasteiger partial charge in [-0.25, -0.2) is 0 Å². The SMILES string of the molecule is O=C1CCC(N2Cc3cc(C(=O)N4Cc5cccc(C(F)(F)F)c5C4)ccc3C2=O)C(=O)N1. The number of imide groups is 1. The fraction of sp³-hybridized carbons (Fsp3) is 0.304. The lowest BCUT2D eigenvalue weighted by molar-refractivity contribution is -0.138. The summed E-state index contributed by atoms with van der Waals surface area (Å²) >= 11 is 0. The molecule has 0 spiro atoms. The molecule has 10 heteroatoms. The number of fused-ring (bicyclic) bond motifs is 2. The van der Waals surface area contributed by atoms with Gasteiger partial charge in [-0.1, -0.05) is 12.1 Å². The molecule has 1 saturated heterocycles. The summed E-state index contributed by atoms with van der Waals surface area (Å²) in [6, 6.07) is 7.68. The minimum absolute atomic E-state index is 0.0660. The van der Waals surface area contributed by atoms with Crippen molar-refractivity contribution in [2.75, 3.05) is 0 Å². The summed E-state index contributed by atoms with van der Waals surface area (Å²) < 4.78 is 40.0. The number of halogens is 3. The Kier molecular flexibility index (Phi) is 4.77. The molecule has 7 nitrogen and oxygen atoms in total. The van der Waals surface area contributed by atoms with Crippen molar-refractivity contribution in [3.63, 3.8) is 0 Å². The van der Waals surface area contributed by atoms with E-state index in [0.717, 1.165) is 6.07 Å². The Hall–Kier alpha value is -3.69. The van der Waals surface area contributed by atoms with Crippen LogP contribution >= 0.6 is 0 Å². The van der Waals surface area contributed by atoms with E-state index < -0.39 is 29.6 Å². The van der Waals surface area contributed by atoms with Crippen LogP contribution in [0.4, 0.5) is 13.2 Å². The van der Waals surface area contributed by atoms with Crippen molar-refractivity contribution in [1.82, 2.24) is 15.1 Å². The van der Waals surface area contributed by atoms with Crippen molar-refractivity contribution < 1.29 is 32.3 Å². The first-order valence-electron chi connectivity index (χ1n) is 10.4. The van der Waals surface area contributed by atoms with Crippen LogP contribution in [-0.2, 0) is 35.4 Å². The molecule has 1 atom stereocenters. The van der Waals surface area contributed by atoms with Gasteiger partial charge < -0.3 is 9.80 Å². The number of carbonyl (C=O) groups excluding carboxylic acids is 4. The summed E-state index contributed by atoms with van der Waals surface area (Å²) in [5.74, 6) is -1.71. The topological polar surface area (TPSA) is 86.8 Å². The lowest BCUT2D eigenvalue weighted by Crippen LogP contribution is -2.52. The summed E-state index contributed by atoms with van der Waals surface area (Å²) in [7, 11) is 0. The number of amides is 4. The van der Waals surface area contributed by atoms with Gasteiger partial charge in [-0.2, -0.15) is 13.2 Å². The summed E-state index contributed by atoms with van der Waals surface area (Å²) in [5.41, 5.74) is 0.989. The maximum absolute atomic E-state index is 13.3. The van der Waals surface area contributed by atoms with Gasteiger partial charge in [0.05, 0.1) is 5.56 Å². The van der Waals surface area contributed by atoms with Crippen LogP contribution < -0.4 is 5.32 Å². The van der Waals surface area contributed by atoms with Gasteiger partial charge in [0.15, 0.2) is 0 Å². The molecule has 1 fully saturated rings. The summed E-state index contributed by atoms with van der Waals surface area (Å²) in [5, 5.41) is 2.23. The van der Waals surface area contributed by atoms with Crippen LogP contribution in [0.15, 0.2) is 36.4 Å². The predicted molar refractivity (Wildman–Crippen MR) is 108 cm³/mol. The molecule has 0 radical (unpaired) electrons. The largest absolute Gasteiger partial charge is 0.416 e. The molecule has 2 aromatic rings. The van der Waals surface area contributed by atoms with E-state index in [0.29, 0.717) is 16.7 Å². The molecule has 0 saturated carbocycles. The van der Waals surface area contributed by atoms with E-state index in [-0.39, 0.29) is 55.4 Å². The van der Waals surface area contributed by atoms with E-state index in [2.05, 4.69) is 5.32 Å². The van der Waals surface area contributed by atoms with Crippen molar-refractivity contribution in [2.24, 2.45) is 0 Å². The maximum Gasteiger partial charge on any atom is 0.416 e. The van der Waals surface area contributed by atoms with Crippen LogP contribution in [0.3, 0.4) is 0 Å². The third-order valence-electron chi connectivity index (χ3n) is 6.35. The fourth-order valence-corrected chi connectivity index (χ4v) is 4.72. The molecule has 1 unspecified atom stereocenters. The molecule has 3 aliphatic heterocycles. The molecule has 4 amide bonds. The number of piperidine rings is 1. The van der Waals surface area contributed by atoms with E-state index in [9.17, 15) is 32.3 Å². The van der Waals surface area contributed by atoms with Crippen molar-refractivity contribution in [3.05, 3.63) is 69.8 Å². The van der Waals surface area contributed by atoms with Crippen LogP contribution in [0.5, 0.6) is 0 Å². The van der Waals surface area contributed by atoms with Crippen molar-refractivity contribution in [2.45, 2.75) is 44.7 Å². The second-order valence-electron chi connectivity index (χ2n) is 8.37. The number of alkyl halides is 3. The molecule has 3 heterocycles. The molecular weight excluding hydrogens is 439 g/mol. The highest BCUT2D eigenvalue weighted by molar-refractivity contribution is 6.06. The first kappa shape index (κ1) is 21.2. The minimum atomic E-state index is -4.50. The predicted octanol–water partition coefficient (Wildman–Crippen LogP) is 2.62. The lowest BCUT2D eigenvalue weighted by Gasteiger charge is -2.29. The van der Waals surface area contributed by atoms with E-state index in [1.807, 2.05) is 0 Å². The Labute approximate surface area is 186 Å². The number of hydrogen-bond acceptors (Lipinski definition) is 4. The third-order valence-corrected chi connectivity index (χ3v) is 6.35. The van der Waals surface area contributed by atoms with Gasteiger partial charge in [-0.05, 0) is 47.4 Å². The van der Waals surface area contributed by atoms with Crippen LogP contribution in [0.1, 0.15) is 55.8 Å². The zero-order chi connectivity index (χ0) is 23.5. The van der Waals surface area contributed by atoms with Gasteiger partial charge in [0.2, 0.25) is 11.8 Å². The number of rotatable bonds is 2. The standard InChI is InChI=1S/C23H18F3N3O4/c24-23(25,26)17-3-1-2-13-9-28(11-16(13)17)21(32)12-4-5-15-14(8-12)10-29(22(15)33)18-6-7-19(30)27-20(18)31/h1-5,8,18H,6-7,9-11H2,(H,27,30,31). The zero-order valence-electron chi connectivity index (χ0n) is 17.2. The average molecular weight is 457 g/mol. The minimum Gasteiger partial charge on any atom is -0.330 e. The Balaban J connectivity index is 1.36. The van der Waals surface area contributed by atoms with E-state index in [1.54, 1.807) is 12.1 Å². The van der Waals surface area contributed by atoms with Crippen LogP contribution in [-0.4, -0.2) is 39.5 Å². The fourth-order valence-electron chi connectivity index (χ4n) is 4.72. The van der Waals surface area contributed by atoms with E-state index >= 15 is 0 Å². The molecule has 170 valence electrons. The Morgan fingerprint density at radius 3 is 2.52 bits per heavy atom. The molecule has 0 aromatic heterocycles. The first-order chi connectivity index (χ1) is 15.6. The quantitative estimate of drug-likeness (QED) is 0.703. The smallest absolute Gasteiger partial charge is 0.330 e. The van der Waals surface area contributed by atoms with Crippen molar-refractivity contribution >= 4 is 23.6 Å². The normalized spacial score (nSPS) is 20.1.